The number of carbonyl (C=O) groups excluding carboxylic acids is 1. The number of carbonyl (C=O) groups is 1. The first-order valence-electron chi connectivity index (χ1n) is 3.80. The monoisotopic (exact) mass is 159 g/mol. The number of quaternary nitrogens is 1. The lowest BCUT2D eigenvalue weighted by molar-refractivity contribution is -0.692. The third-order valence-corrected chi connectivity index (χ3v) is 2.00. The van der Waals surface area contributed by atoms with Gasteiger partial charge in [-0.15, -0.1) is 7.05 Å². The summed E-state index contributed by atoms with van der Waals surface area (Å²) < 4.78 is 0. The van der Waals surface area contributed by atoms with E-state index in [4.69, 9.17) is 0 Å². The van der Waals surface area contributed by atoms with Crippen LogP contribution in [0, 0.1) is 7.05 Å². The van der Waals surface area contributed by atoms with Crippen LogP contribution < -0.4 is 4.90 Å². The van der Waals surface area contributed by atoms with E-state index in [0.717, 1.165) is 11.3 Å². The molecule has 1 unspecified atom stereocenters. The number of para-hydroxylation sites is 1. The van der Waals surface area contributed by atoms with Crippen LogP contribution in [0.5, 0.6) is 0 Å². The summed E-state index contributed by atoms with van der Waals surface area (Å²) in [7, 11) is 3.74. The fourth-order valence-corrected chi connectivity index (χ4v) is 1.32. The van der Waals surface area contributed by atoms with Crippen molar-refractivity contribution in [2.24, 2.45) is 0 Å². The van der Waals surface area contributed by atoms with Gasteiger partial charge in [0.05, 0.1) is 0 Å². The molecule has 12 heavy (non-hydrogen) atoms. The van der Waals surface area contributed by atoms with E-state index in [1.165, 1.54) is 0 Å². The number of benzene rings is 1. The van der Waals surface area contributed by atoms with Crippen molar-refractivity contribution in [3.63, 3.8) is 0 Å². The van der Waals surface area contributed by atoms with E-state index in [2.05, 4.69) is 7.05 Å². The third-order valence-electron chi connectivity index (χ3n) is 2.00. The molecular weight excluding hydrogens is 150 g/mol. The molecule has 0 radical (unpaired) electrons. The van der Waals surface area contributed by atoms with Gasteiger partial charge >= 0.3 is 5.91 Å². The second-order valence-corrected chi connectivity index (χ2v) is 2.76. The van der Waals surface area contributed by atoms with Gasteiger partial charge in [0.1, 0.15) is 5.69 Å². The van der Waals surface area contributed by atoms with Gasteiger partial charge in [-0.2, -0.15) is 0 Å². The second kappa shape index (κ2) is 2.57. The maximum absolute atomic E-state index is 11.2. The summed E-state index contributed by atoms with van der Waals surface area (Å²) in [6.07, 6.45) is 3.39. The molecule has 2 heteroatoms. The Hall–Kier alpha value is -1.41. The lowest BCUT2D eigenvalue weighted by Gasteiger charge is -2.20. The van der Waals surface area contributed by atoms with Crippen molar-refractivity contribution in [1.29, 1.82) is 0 Å². The molecule has 1 aromatic rings. The maximum atomic E-state index is 11.2. The second-order valence-electron chi connectivity index (χ2n) is 2.76. The van der Waals surface area contributed by atoms with Gasteiger partial charge in [-0.1, -0.05) is 12.1 Å². The largest absolute Gasteiger partial charge is 0.367 e. The van der Waals surface area contributed by atoms with Gasteiger partial charge in [-0.25, -0.2) is 4.79 Å². The Balaban J connectivity index is 2.59. The highest BCUT2D eigenvalue weighted by molar-refractivity contribution is 5.90. The summed E-state index contributed by atoms with van der Waals surface area (Å²) in [5, 5.41) is 0. The highest BCUT2D eigenvalue weighted by Gasteiger charge is 2.16. The average Bonchev–Trinajstić information content (AvgIpc) is 2.12. The summed E-state index contributed by atoms with van der Waals surface area (Å²) in [6, 6.07) is 7.76. The van der Waals surface area contributed by atoms with Gasteiger partial charge in [-0.3, -0.25) is 0 Å². The minimum atomic E-state index is 0.00806. The zero-order valence-electron chi connectivity index (χ0n) is 6.58. The predicted molar refractivity (Wildman–Crippen MR) is 46.5 cm³/mol. The summed E-state index contributed by atoms with van der Waals surface area (Å²) in [6.45, 7) is 0. The van der Waals surface area contributed by atoms with E-state index in [1.54, 1.807) is 6.08 Å². The number of nitrogens with one attached hydrogen (secondary N) is 1. The van der Waals surface area contributed by atoms with Crippen LogP contribution >= 0.6 is 0 Å². The van der Waals surface area contributed by atoms with E-state index in [9.17, 15) is 4.79 Å². The molecule has 0 aliphatic carbocycles. The molecule has 0 saturated carbocycles. The summed E-state index contributed by atoms with van der Waals surface area (Å²) in [5.41, 5.74) is 2.02. The minimum absolute atomic E-state index is 0.00806. The summed E-state index contributed by atoms with van der Waals surface area (Å²) in [5.74, 6) is 0.00806. The van der Waals surface area contributed by atoms with Gasteiger partial charge in [0.15, 0.2) is 0 Å². The molecule has 1 aromatic carbocycles. The minimum Gasteiger partial charge on any atom is -0.367 e. The topological polar surface area (TPSA) is 21.5 Å². The molecule has 1 amide bonds. The van der Waals surface area contributed by atoms with Crippen LogP contribution in [-0.4, -0.2) is 5.91 Å². The van der Waals surface area contributed by atoms with Crippen molar-refractivity contribution in [3.05, 3.63) is 43.0 Å². The quantitative estimate of drug-likeness (QED) is 0.548. The van der Waals surface area contributed by atoms with Crippen LogP contribution in [-0.2, 0) is 4.79 Å². The van der Waals surface area contributed by atoms with Crippen LogP contribution in [0.2, 0.25) is 0 Å². The highest BCUT2D eigenvalue weighted by Crippen LogP contribution is 2.14. The Bertz CT molecular complexity index is 355. The predicted octanol–water partition coefficient (Wildman–Crippen LogP) is 0.548. The van der Waals surface area contributed by atoms with Gasteiger partial charge in [0.2, 0.25) is 0 Å². The number of amides is 1. The molecule has 1 aliphatic heterocycles. The van der Waals surface area contributed by atoms with Crippen LogP contribution in [0.3, 0.4) is 0 Å². The number of rotatable bonds is 0. The lowest BCUT2D eigenvalue weighted by atomic mass is 10.1. The van der Waals surface area contributed by atoms with Crippen LogP contribution in [0.25, 0.3) is 6.08 Å². The van der Waals surface area contributed by atoms with Gasteiger partial charge in [0.25, 0.3) is 0 Å². The van der Waals surface area contributed by atoms with E-state index in [1.807, 2.05) is 30.3 Å². The van der Waals surface area contributed by atoms with E-state index >= 15 is 0 Å². The Morgan fingerprint density at radius 1 is 1.17 bits per heavy atom. The molecule has 0 bridgehead atoms. The Labute approximate surface area is 71.1 Å². The van der Waals surface area contributed by atoms with Gasteiger partial charge in [0, 0.05) is 11.6 Å². The van der Waals surface area contributed by atoms with Crippen molar-refractivity contribution in [2.75, 3.05) is 0 Å². The van der Waals surface area contributed by atoms with Crippen molar-refractivity contribution in [2.45, 2.75) is 0 Å². The Morgan fingerprint density at radius 2 is 1.92 bits per heavy atom. The fourth-order valence-electron chi connectivity index (χ4n) is 1.32. The molecule has 0 saturated heterocycles. The maximum Gasteiger partial charge on any atom is 0.315 e. The zero-order valence-corrected chi connectivity index (χ0v) is 6.58. The van der Waals surface area contributed by atoms with E-state index < -0.39 is 0 Å². The molecule has 1 atom stereocenters. The first-order valence-corrected chi connectivity index (χ1v) is 3.80. The van der Waals surface area contributed by atoms with E-state index in [0.29, 0.717) is 4.90 Å². The van der Waals surface area contributed by atoms with Gasteiger partial charge in [-0.05, 0) is 18.2 Å². The van der Waals surface area contributed by atoms with Crippen molar-refractivity contribution >= 4 is 17.7 Å². The number of fused-ring (bicyclic) bond motifs is 1. The Kier molecular flexibility index (Phi) is 1.55. The molecule has 1 aliphatic rings. The SMILES string of the molecule is [CH2-][NH+]1C(=O)C=Cc2ccccc21. The normalized spacial score (nSPS) is 20.8. The van der Waals surface area contributed by atoms with Crippen LogP contribution in [0.15, 0.2) is 30.3 Å². The van der Waals surface area contributed by atoms with Gasteiger partial charge < -0.3 is 4.90 Å². The first-order chi connectivity index (χ1) is 5.79. The molecule has 0 aromatic heterocycles. The molecular formula is C10H9NO. The zero-order chi connectivity index (χ0) is 8.55. The smallest absolute Gasteiger partial charge is 0.315 e. The number of hydrogen-bond acceptors (Lipinski definition) is 1. The highest BCUT2D eigenvalue weighted by atomic mass is 16.2. The molecule has 1 N–H and O–H groups in total. The molecule has 2 nitrogen and oxygen atoms in total. The Morgan fingerprint density at radius 3 is 2.75 bits per heavy atom. The van der Waals surface area contributed by atoms with Crippen molar-refractivity contribution in [1.82, 2.24) is 0 Å². The lowest BCUT2D eigenvalue weighted by Crippen LogP contribution is -3.05. The first kappa shape index (κ1) is 7.25. The van der Waals surface area contributed by atoms with Crippen molar-refractivity contribution in [3.8, 4) is 0 Å². The van der Waals surface area contributed by atoms with Crippen LogP contribution in [0.4, 0.5) is 5.69 Å². The molecule has 60 valence electrons. The van der Waals surface area contributed by atoms with E-state index in [-0.39, 0.29) is 5.91 Å². The number of hydrogen-bond donors (Lipinski definition) is 1. The average molecular weight is 159 g/mol. The van der Waals surface area contributed by atoms with Crippen molar-refractivity contribution < 1.29 is 9.69 Å². The molecule has 0 fully saturated rings. The molecule has 0 spiro atoms. The molecule has 1 heterocycles. The standard InChI is InChI=1S/C10H9NO/c1-11-9-5-3-2-4-8(9)6-7-10(11)12/h2-7,11H,1H2. The third kappa shape index (κ3) is 0.970. The van der Waals surface area contributed by atoms with Crippen LogP contribution in [0.1, 0.15) is 5.56 Å². The molecule has 2 rings (SSSR count). The fraction of sp³-hybridized carbons (Fsp3) is 0. The summed E-state index contributed by atoms with van der Waals surface area (Å²) in [4.78, 5) is 11.8. The summed E-state index contributed by atoms with van der Waals surface area (Å²) >= 11 is 0.